The molecule has 19 heavy (non-hydrogen) atoms. The summed E-state index contributed by atoms with van der Waals surface area (Å²) in [4.78, 5) is 0. The van der Waals surface area contributed by atoms with Crippen molar-refractivity contribution in [2.24, 2.45) is 0 Å². The van der Waals surface area contributed by atoms with Crippen molar-refractivity contribution in [3.8, 4) is 5.75 Å². The lowest BCUT2D eigenvalue weighted by Crippen LogP contribution is -2.29. The van der Waals surface area contributed by atoms with E-state index < -0.39 is 5.60 Å². The number of aliphatic hydroxyl groups is 1. The van der Waals surface area contributed by atoms with Gasteiger partial charge in [0.25, 0.3) is 0 Å². The number of hydrogen-bond donors (Lipinski definition) is 2. The highest BCUT2D eigenvalue weighted by Crippen LogP contribution is 2.35. The predicted molar refractivity (Wildman–Crippen MR) is 79.8 cm³/mol. The van der Waals surface area contributed by atoms with E-state index in [0.717, 1.165) is 42.0 Å². The molecule has 0 fully saturated rings. The molecule has 1 aromatic carbocycles. The first-order chi connectivity index (χ1) is 8.92. The molecule has 0 aliphatic heterocycles. The van der Waals surface area contributed by atoms with Crippen molar-refractivity contribution in [2.75, 3.05) is 20.2 Å². The van der Waals surface area contributed by atoms with E-state index in [1.54, 1.807) is 7.11 Å². The number of rotatable bonds is 7. The first-order valence-electron chi connectivity index (χ1n) is 7.01. The first-order valence-corrected chi connectivity index (χ1v) is 7.01. The third-order valence-corrected chi connectivity index (χ3v) is 3.42. The van der Waals surface area contributed by atoms with E-state index in [9.17, 15) is 5.11 Å². The summed E-state index contributed by atoms with van der Waals surface area (Å²) >= 11 is 0. The highest BCUT2D eigenvalue weighted by Gasteiger charge is 2.28. The van der Waals surface area contributed by atoms with Gasteiger partial charge in [-0.1, -0.05) is 13.0 Å². The van der Waals surface area contributed by atoms with Gasteiger partial charge in [0.1, 0.15) is 5.75 Å². The van der Waals surface area contributed by atoms with Gasteiger partial charge in [-0.15, -0.1) is 0 Å². The lowest BCUT2D eigenvalue weighted by Gasteiger charge is -2.28. The van der Waals surface area contributed by atoms with Gasteiger partial charge in [0, 0.05) is 5.56 Å². The van der Waals surface area contributed by atoms with Crippen LogP contribution < -0.4 is 10.1 Å². The lowest BCUT2D eigenvalue weighted by molar-refractivity contribution is 0.0449. The standard InChI is InChI=1S/C16H27NO2/c1-6-8-17-9-7-16(4,18)15-13(3)10-12(2)11-14(15)19-5/h10-11,17-18H,6-9H2,1-5H3. The van der Waals surface area contributed by atoms with Crippen LogP contribution >= 0.6 is 0 Å². The fourth-order valence-electron chi connectivity index (χ4n) is 2.54. The van der Waals surface area contributed by atoms with E-state index in [2.05, 4.69) is 18.3 Å². The normalized spacial score (nSPS) is 14.2. The Morgan fingerprint density at radius 2 is 1.95 bits per heavy atom. The van der Waals surface area contributed by atoms with Gasteiger partial charge in [0.2, 0.25) is 0 Å². The third kappa shape index (κ3) is 4.22. The van der Waals surface area contributed by atoms with Crippen LogP contribution in [0.1, 0.15) is 43.4 Å². The Hall–Kier alpha value is -1.06. The molecule has 108 valence electrons. The summed E-state index contributed by atoms with van der Waals surface area (Å²) in [6, 6.07) is 4.07. The van der Waals surface area contributed by atoms with Gasteiger partial charge in [-0.2, -0.15) is 0 Å². The molecule has 1 rings (SSSR count). The highest BCUT2D eigenvalue weighted by molar-refractivity contribution is 5.46. The number of nitrogens with one attached hydrogen (secondary N) is 1. The largest absolute Gasteiger partial charge is 0.496 e. The fraction of sp³-hybridized carbons (Fsp3) is 0.625. The van der Waals surface area contributed by atoms with Crippen molar-refractivity contribution in [2.45, 2.75) is 46.1 Å². The van der Waals surface area contributed by atoms with Crippen molar-refractivity contribution in [1.82, 2.24) is 5.32 Å². The zero-order valence-corrected chi connectivity index (χ0v) is 12.8. The molecule has 3 heteroatoms. The van der Waals surface area contributed by atoms with Crippen molar-refractivity contribution >= 4 is 0 Å². The van der Waals surface area contributed by atoms with Gasteiger partial charge in [-0.05, 0) is 63.9 Å². The molecule has 0 aliphatic rings. The topological polar surface area (TPSA) is 41.5 Å². The number of methoxy groups -OCH3 is 1. The molecular formula is C16H27NO2. The minimum absolute atomic E-state index is 0.674. The minimum atomic E-state index is -0.871. The van der Waals surface area contributed by atoms with Crippen LogP contribution in [0.25, 0.3) is 0 Å². The Balaban J connectivity index is 2.93. The van der Waals surface area contributed by atoms with E-state index in [-0.39, 0.29) is 0 Å². The van der Waals surface area contributed by atoms with Crippen LogP contribution in [-0.4, -0.2) is 25.3 Å². The quantitative estimate of drug-likeness (QED) is 0.745. The number of aryl methyl sites for hydroxylation is 2. The zero-order chi connectivity index (χ0) is 14.5. The average molecular weight is 265 g/mol. The Morgan fingerprint density at radius 1 is 1.26 bits per heavy atom. The molecule has 0 heterocycles. The van der Waals surface area contributed by atoms with Crippen LogP contribution in [0.3, 0.4) is 0 Å². The third-order valence-electron chi connectivity index (χ3n) is 3.42. The summed E-state index contributed by atoms with van der Waals surface area (Å²) in [6.07, 6.45) is 1.78. The van der Waals surface area contributed by atoms with Gasteiger partial charge < -0.3 is 15.2 Å². The lowest BCUT2D eigenvalue weighted by atomic mass is 9.87. The van der Waals surface area contributed by atoms with Crippen LogP contribution in [0.15, 0.2) is 12.1 Å². The maximum Gasteiger partial charge on any atom is 0.125 e. The van der Waals surface area contributed by atoms with Crippen LogP contribution in [0.4, 0.5) is 0 Å². The van der Waals surface area contributed by atoms with E-state index in [1.807, 2.05) is 26.8 Å². The number of benzene rings is 1. The van der Waals surface area contributed by atoms with Crippen molar-refractivity contribution < 1.29 is 9.84 Å². The highest BCUT2D eigenvalue weighted by atomic mass is 16.5. The van der Waals surface area contributed by atoms with E-state index in [4.69, 9.17) is 4.74 Å². The van der Waals surface area contributed by atoms with E-state index in [0.29, 0.717) is 6.42 Å². The predicted octanol–water partition coefficient (Wildman–Crippen LogP) is 2.91. The number of ether oxygens (including phenoxy) is 1. The monoisotopic (exact) mass is 265 g/mol. The second kappa shape index (κ2) is 6.92. The first kappa shape index (κ1) is 16.0. The summed E-state index contributed by atoms with van der Waals surface area (Å²) in [6.45, 7) is 9.85. The molecule has 0 aromatic heterocycles. The molecule has 1 unspecified atom stereocenters. The van der Waals surface area contributed by atoms with Gasteiger partial charge in [-0.3, -0.25) is 0 Å². The Bertz CT molecular complexity index is 413. The zero-order valence-electron chi connectivity index (χ0n) is 12.8. The minimum Gasteiger partial charge on any atom is -0.496 e. The molecule has 2 N–H and O–H groups in total. The second-order valence-electron chi connectivity index (χ2n) is 5.43. The molecule has 0 bridgehead atoms. The second-order valence-corrected chi connectivity index (χ2v) is 5.43. The molecule has 0 amide bonds. The molecule has 0 spiro atoms. The van der Waals surface area contributed by atoms with Crippen LogP contribution in [0.5, 0.6) is 5.75 Å². The van der Waals surface area contributed by atoms with Crippen LogP contribution in [0.2, 0.25) is 0 Å². The van der Waals surface area contributed by atoms with Gasteiger partial charge in [0.05, 0.1) is 12.7 Å². The molecule has 3 nitrogen and oxygen atoms in total. The Kier molecular flexibility index (Phi) is 5.83. The van der Waals surface area contributed by atoms with Gasteiger partial charge in [0.15, 0.2) is 0 Å². The van der Waals surface area contributed by atoms with Crippen molar-refractivity contribution in [3.63, 3.8) is 0 Å². The van der Waals surface area contributed by atoms with Crippen molar-refractivity contribution in [3.05, 3.63) is 28.8 Å². The molecule has 0 aliphatic carbocycles. The SMILES string of the molecule is CCCNCCC(C)(O)c1c(C)cc(C)cc1OC. The Labute approximate surface area is 117 Å². The smallest absolute Gasteiger partial charge is 0.125 e. The maximum atomic E-state index is 10.7. The molecule has 1 atom stereocenters. The Morgan fingerprint density at radius 3 is 2.53 bits per heavy atom. The molecule has 0 radical (unpaired) electrons. The van der Waals surface area contributed by atoms with Crippen LogP contribution in [-0.2, 0) is 5.60 Å². The molecule has 1 aromatic rings. The molecular weight excluding hydrogens is 238 g/mol. The van der Waals surface area contributed by atoms with Gasteiger partial charge in [-0.25, -0.2) is 0 Å². The summed E-state index contributed by atoms with van der Waals surface area (Å²) in [5, 5.41) is 14.1. The van der Waals surface area contributed by atoms with E-state index >= 15 is 0 Å². The average Bonchev–Trinajstić information content (AvgIpc) is 2.33. The maximum absolute atomic E-state index is 10.7. The van der Waals surface area contributed by atoms with Crippen LogP contribution in [0, 0.1) is 13.8 Å². The molecule has 0 saturated heterocycles. The van der Waals surface area contributed by atoms with E-state index in [1.165, 1.54) is 0 Å². The number of hydrogen-bond acceptors (Lipinski definition) is 3. The van der Waals surface area contributed by atoms with Crippen molar-refractivity contribution in [1.29, 1.82) is 0 Å². The summed E-state index contributed by atoms with van der Waals surface area (Å²) in [5.41, 5.74) is 2.26. The fourth-order valence-corrected chi connectivity index (χ4v) is 2.54. The summed E-state index contributed by atoms with van der Waals surface area (Å²) < 4.78 is 5.44. The molecule has 0 saturated carbocycles. The summed E-state index contributed by atoms with van der Waals surface area (Å²) in [5.74, 6) is 0.776. The summed E-state index contributed by atoms with van der Waals surface area (Å²) in [7, 11) is 1.66. The van der Waals surface area contributed by atoms with Gasteiger partial charge >= 0.3 is 0 Å².